The predicted molar refractivity (Wildman–Crippen MR) is 170 cm³/mol. The Hall–Kier alpha value is -2.86. The molecule has 4 N–H and O–H groups in total. The summed E-state index contributed by atoms with van der Waals surface area (Å²) in [4.78, 5) is 26.4. The van der Waals surface area contributed by atoms with Crippen molar-refractivity contribution in [3.63, 3.8) is 0 Å². The summed E-state index contributed by atoms with van der Waals surface area (Å²) in [5.74, 6) is -1.24. The van der Waals surface area contributed by atoms with Gasteiger partial charge in [-0.05, 0) is 41.0 Å². The first-order valence-corrected chi connectivity index (χ1v) is 16.6. The molecule has 0 radical (unpaired) electrons. The van der Waals surface area contributed by atoms with Crippen LogP contribution in [0.25, 0.3) is 0 Å². The van der Waals surface area contributed by atoms with Gasteiger partial charge >= 0.3 is 0 Å². The van der Waals surface area contributed by atoms with E-state index in [2.05, 4.69) is 16.0 Å². The van der Waals surface area contributed by atoms with Crippen LogP contribution < -0.4 is 16.0 Å². The zero-order chi connectivity index (χ0) is 32.8. The van der Waals surface area contributed by atoms with Gasteiger partial charge in [0.15, 0.2) is 0 Å². The van der Waals surface area contributed by atoms with Crippen LogP contribution in [0.15, 0.2) is 54.6 Å². The fourth-order valence-corrected chi connectivity index (χ4v) is 5.35. The number of carbonyl (C=O) groups is 2. The van der Waals surface area contributed by atoms with E-state index >= 15 is 0 Å². The van der Waals surface area contributed by atoms with Crippen molar-refractivity contribution in [2.75, 3.05) is 25.9 Å². The highest BCUT2D eigenvalue weighted by Gasteiger charge is 2.36. The number of sulfonamides is 1. The first-order chi connectivity index (χ1) is 20.1. The summed E-state index contributed by atoms with van der Waals surface area (Å²) in [7, 11) is -3.60. The summed E-state index contributed by atoms with van der Waals surface area (Å²) in [5, 5.41) is 19.9. The average molecular weight is 623 g/mol. The quantitative estimate of drug-likeness (QED) is 0.241. The van der Waals surface area contributed by atoms with Crippen LogP contribution in [0, 0.1) is 17.2 Å². The molecule has 2 unspecified atom stereocenters. The third-order valence-electron chi connectivity index (χ3n) is 6.46. The largest absolute Gasteiger partial charge is 0.390 e. The molecule has 0 aliphatic heterocycles. The number of hydrogen-bond donors (Lipinski definition) is 4. The van der Waals surface area contributed by atoms with Crippen LogP contribution in [-0.4, -0.2) is 73.7 Å². The molecule has 2 aromatic rings. The van der Waals surface area contributed by atoms with Crippen LogP contribution in [0.1, 0.15) is 59.6 Å². The number of nitrogens with zero attached hydrogens (tertiary/aromatic N) is 1. The molecule has 0 saturated heterocycles. The molecule has 0 aliphatic carbocycles. The van der Waals surface area contributed by atoms with Gasteiger partial charge in [-0.25, -0.2) is 12.8 Å². The number of amides is 2. The normalized spacial score (nSPS) is 14.0. The lowest BCUT2D eigenvalue weighted by molar-refractivity contribution is -0.132. The maximum absolute atomic E-state index is 13.6. The van der Waals surface area contributed by atoms with Crippen molar-refractivity contribution in [3.8, 4) is 0 Å². The van der Waals surface area contributed by atoms with Gasteiger partial charge in [-0.15, -0.1) is 0 Å². The first-order valence-electron chi connectivity index (χ1n) is 14.8. The van der Waals surface area contributed by atoms with Gasteiger partial charge in [-0.2, -0.15) is 4.31 Å². The number of aliphatic hydroxyl groups is 1. The van der Waals surface area contributed by atoms with E-state index in [1.165, 1.54) is 16.4 Å². The molecule has 242 valence electrons. The molecule has 11 heteroatoms. The highest BCUT2D eigenvalue weighted by atomic mass is 32.2. The molecule has 2 amide bonds. The number of halogens is 1. The molecule has 0 bridgehead atoms. The molecule has 0 aromatic heterocycles. The van der Waals surface area contributed by atoms with Gasteiger partial charge in [0.2, 0.25) is 21.8 Å². The molecule has 0 fully saturated rings. The minimum atomic E-state index is -3.60. The van der Waals surface area contributed by atoms with Crippen LogP contribution >= 0.6 is 0 Å². The molecular formula is C32H51FN4O5S. The average Bonchev–Trinajstić information content (AvgIpc) is 2.91. The molecule has 9 nitrogen and oxygen atoms in total. The highest BCUT2D eigenvalue weighted by molar-refractivity contribution is 7.88. The van der Waals surface area contributed by atoms with E-state index in [-0.39, 0.29) is 44.3 Å². The van der Waals surface area contributed by atoms with Crippen molar-refractivity contribution in [1.29, 1.82) is 0 Å². The Bertz CT molecular complexity index is 1240. The Balaban J connectivity index is 0.00000452. The number of hydrogen-bond acceptors (Lipinski definition) is 6. The van der Waals surface area contributed by atoms with Crippen molar-refractivity contribution in [1.82, 2.24) is 20.3 Å². The zero-order valence-corrected chi connectivity index (χ0v) is 27.7. The maximum atomic E-state index is 13.6. The van der Waals surface area contributed by atoms with Crippen molar-refractivity contribution in [2.24, 2.45) is 11.3 Å². The standard InChI is InChI=1S/C30H45FN4O5S.C2H6/c1-21(2)19-35(41(6,39)40)20-26(36)25(16-22-11-8-7-9-12-22)33-29(38)28(30(3,4)5)34-27(37)18-32-17-23-13-10-14-24(31)15-23;1-2/h7-15,21,25-26,28,32,36H,16-20H2,1-6H3,(H,33,38)(H,34,37);1-2H3/t25?,26?,28-;/m1./s1. The molecule has 2 aromatic carbocycles. The molecule has 0 saturated carbocycles. The lowest BCUT2D eigenvalue weighted by Crippen LogP contribution is -2.59. The van der Waals surface area contributed by atoms with E-state index in [1.54, 1.807) is 12.1 Å². The molecule has 0 aliphatic rings. The summed E-state index contributed by atoms with van der Waals surface area (Å²) in [6.07, 6.45) is 0.143. The third kappa shape index (κ3) is 14.4. The van der Waals surface area contributed by atoms with E-state index in [0.29, 0.717) is 5.56 Å². The monoisotopic (exact) mass is 622 g/mol. The molecule has 43 heavy (non-hydrogen) atoms. The summed E-state index contributed by atoms with van der Waals surface area (Å²) >= 11 is 0. The fourth-order valence-electron chi connectivity index (χ4n) is 4.36. The SMILES string of the molecule is CC.CC(C)CN(CC(O)C(Cc1ccccc1)NC(=O)[C@@H](NC(=O)CNCc1cccc(F)c1)C(C)(C)C)S(C)(=O)=O. The predicted octanol–water partition coefficient (Wildman–Crippen LogP) is 3.48. The summed E-state index contributed by atoms with van der Waals surface area (Å²) in [5.41, 5.74) is 0.854. The number of aliphatic hydroxyl groups excluding tert-OH is 1. The van der Waals surface area contributed by atoms with Gasteiger partial charge in [0, 0.05) is 19.6 Å². The smallest absolute Gasteiger partial charge is 0.243 e. The van der Waals surface area contributed by atoms with E-state index in [0.717, 1.165) is 11.8 Å². The van der Waals surface area contributed by atoms with Gasteiger partial charge < -0.3 is 21.1 Å². The lowest BCUT2D eigenvalue weighted by Gasteiger charge is -2.34. The highest BCUT2D eigenvalue weighted by Crippen LogP contribution is 2.20. The number of benzene rings is 2. The van der Waals surface area contributed by atoms with Gasteiger partial charge in [0.25, 0.3) is 0 Å². The summed E-state index contributed by atoms with van der Waals surface area (Å²) in [6, 6.07) is 13.5. The Morgan fingerprint density at radius 1 is 0.953 bits per heavy atom. The Morgan fingerprint density at radius 2 is 1.56 bits per heavy atom. The van der Waals surface area contributed by atoms with E-state index in [1.807, 2.05) is 78.8 Å². The molecular weight excluding hydrogens is 571 g/mol. The molecule has 0 heterocycles. The number of carbonyl (C=O) groups excluding carboxylic acids is 2. The van der Waals surface area contributed by atoms with Crippen molar-refractivity contribution >= 4 is 21.8 Å². The van der Waals surface area contributed by atoms with Crippen LogP contribution in [0.5, 0.6) is 0 Å². The Kier molecular flexibility index (Phi) is 16.0. The summed E-state index contributed by atoms with van der Waals surface area (Å²) < 4.78 is 39.5. The van der Waals surface area contributed by atoms with Gasteiger partial charge in [-0.3, -0.25) is 9.59 Å². The Morgan fingerprint density at radius 3 is 2.09 bits per heavy atom. The van der Waals surface area contributed by atoms with Crippen molar-refractivity contribution < 1.29 is 27.5 Å². The van der Waals surface area contributed by atoms with Crippen molar-refractivity contribution in [2.45, 2.75) is 79.6 Å². The van der Waals surface area contributed by atoms with E-state index in [4.69, 9.17) is 0 Å². The maximum Gasteiger partial charge on any atom is 0.243 e. The minimum Gasteiger partial charge on any atom is -0.390 e. The minimum absolute atomic E-state index is 0.0362. The van der Waals surface area contributed by atoms with Gasteiger partial charge in [0.1, 0.15) is 11.9 Å². The lowest BCUT2D eigenvalue weighted by atomic mass is 9.85. The molecule has 3 atom stereocenters. The topological polar surface area (TPSA) is 128 Å². The van der Waals surface area contributed by atoms with Gasteiger partial charge in [-0.1, -0.05) is 90.9 Å². The van der Waals surface area contributed by atoms with E-state index in [9.17, 15) is 27.5 Å². The molecule has 2 rings (SSSR count). The summed E-state index contributed by atoms with van der Waals surface area (Å²) in [6.45, 7) is 13.4. The second kappa shape index (κ2) is 18.1. The number of nitrogens with one attached hydrogen (secondary N) is 3. The van der Waals surface area contributed by atoms with Crippen LogP contribution in [0.4, 0.5) is 4.39 Å². The third-order valence-corrected chi connectivity index (χ3v) is 7.69. The van der Waals surface area contributed by atoms with Crippen molar-refractivity contribution in [3.05, 3.63) is 71.5 Å². The first kappa shape index (κ1) is 38.2. The zero-order valence-electron chi connectivity index (χ0n) is 26.9. The van der Waals surface area contributed by atoms with Gasteiger partial charge in [0.05, 0.1) is 24.9 Å². The fraction of sp³-hybridized carbons (Fsp3) is 0.562. The van der Waals surface area contributed by atoms with Crippen LogP contribution in [0.2, 0.25) is 0 Å². The van der Waals surface area contributed by atoms with Crippen LogP contribution in [0.3, 0.4) is 0 Å². The second-order valence-corrected chi connectivity index (χ2v) is 13.9. The van der Waals surface area contributed by atoms with E-state index < -0.39 is 45.4 Å². The Labute approximate surface area is 257 Å². The molecule has 0 spiro atoms. The number of rotatable bonds is 15. The van der Waals surface area contributed by atoms with Crippen LogP contribution in [-0.2, 0) is 32.6 Å². The second-order valence-electron chi connectivity index (χ2n) is 11.9.